The minimum absolute atomic E-state index is 0.00630. The lowest BCUT2D eigenvalue weighted by atomic mass is 9.33. The molecule has 13 unspecified atom stereocenters. The molecule has 0 aromatic carbocycles. The Balaban J connectivity index is 1.51. The molecule has 11 nitrogen and oxygen atoms in total. The molecule has 2 bridgehead atoms. The Hall–Kier alpha value is -2.60. The van der Waals surface area contributed by atoms with Crippen molar-refractivity contribution < 1.29 is 53.1 Å². The molecular formula is C32H42O11. The number of carbonyl (C=O) groups excluding carboxylic acids is 4. The highest BCUT2D eigenvalue weighted by molar-refractivity contribution is 5.94. The average molecular weight is 603 g/mol. The fourth-order valence-corrected chi connectivity index (χ4v) is 10.5. The van der Waals surface area contributed by atoms with Gasteiger partial charge in [-0.25, -0.2) is 0 Å². The quantitative estimate of drug-likeness (QED) is 0.432. The largest absolute Gasteiger partial charge is 0.472 e. The molecule has 4 saturated carbocycles. The summed E-state index contributed by atoms with van der Waals surface area (Å²) in [4.78, 5) is 53.6. The Bertz CT molecular complexity index is 1340. The van der Waals surface area contributed by atoms with Gasteiger partial charge in [0, 0.05) is 48.3 Å². The second kappa shape index (κ2) is 9.70. The molecule has 6 rings (SSSR count). The van der Waals surface area contributed by atoms with Crippen LogP contribution in [0, 0.1) is 45.3 Å². The second-order valence-electron chi connectivity index (χ2n) is 14.6. The van der Waals surface area contributed by atoms with Crippen molar-refractivity contribution in [1.82, 2.24) is 0 Å². The monoisotopic (exact) mass is 602 g/mol. The first-order valence-electron chi connectivity index (χ1n) is 15.2. The summed E-state index contributed by atoms with van der Waals surface area (Å²) in [5, 5.41) is 35.8. The lowest BCUT2D eigenvalue weighted by molar-refractivity contribution is -0.387. The summed E-state index contributed by atoms with van der Waals surface area (Å²) in [5.74, 6) is -5.03. The zero-order valence-electron chi connectivity index (χ0n) is 25.4. The molecule has 4 aliphatic carbocycles. The average Bonchev–Trinajstić information content (AvgIpc) is 3.54. The number of aliphatic hydroxyl groups is 3. The van der Waals surface area contributed by atoms with E-state index < -0.39 is 88.0 Å². The van der Waals surface area contributed by atoms with Gasteiger partial charge in [-0.15, -0.1) is 0 Å². The van der Waals surface area contributed by atoms with E-state index in [4.69, 9.17) is 18.6 Å². The van der Waals surface area contributed by atoms with Crippen molar-refractivity contribution >= 4 is 23.5 Å². The van der Waals surface area contributed by atoms with Gasteiger partial charge in [-0.3, -0.25) is 19.2 Å². The third-order valence-electron chi connectivity index (χ3n) is 12.1. The molecule has 1 aliphatic heterocycles. The number of hydrogen-bond acceptors (Lipinski definition) is 11. The fourth-order valence-electron chi connectivity index (χ4n) is 10.5. The molecule has 0 radical (unpaired) electrons. The highest BCUT2D eigenvalue weighted by atomic mass is 16.7. The van der Waals surface area contributed by atoms with E-state index >= 15 is 0 Å². The summed E-state index contributed by atoms with van der Waals surface area (Å²) >= 11 is 0. The van der Waals surface area contributed by atoms with E-state index in [1.807, 2.05) is 6.92 Å². The van der Waals surface area contributed by atoms with E-state index in [1.54, 1.807) is 40.0 Å². The molecule has 2 heterocycles. The smallest absolute Gasteiger partial charge is 0.310 e. The summed E-state index contributed by atoms with van der Waals surface area (Å²) in [5.41, 5.74) is -4.23. The first kappa shape index (κ1) is 30.4. The van der Waals surface area contributed by atoms with Crippen molar-refractivity contribution in [2.24, 2.45) is 45.3 Å². The van der Waals surface area contributed by atoms with Crippen LogP contribution in [-0.4, -0.2) is 76.1 Å². The standard InChI is InChI=1S/C32H42O11/c1-14(2)27(39)43-28-30(5)20-10-21(36)31(6)23-18(34)9-17(16-7-8-40-12-16)29(23,4)11-19(35)24(31)32(20,13-41-28)25(38)22(37)26(30)42-15(3)33/h7-8,12,14,17,20-26,28,36-38H,9-11,13H2,1-6H3. The van der Waals surface area contributed by atoms with Gasteiger partial charge >= 0.3 is 11.9 Å². The Morgan fingerprint density at radius 2 is 1.72 bits per heavy atom. The van der Waals surface area contributed by atoms with E-state index in [0.29, 0.717) is 0 Å². The molecule has 0 spiro atoms. The minimum atomic E-state index is -1.66. The summed E-state index contributed by atoms with van der Waals surface area (Å²) in [6.07, 6.45) is -3.81. The van der Waals surface area contributed by atoms with Gasteiger partial charge < -0.3 is 33.9 Å². The van der Waals surface area contributed by atoms with Gasteiger partial charge in [-0.1, -0.05) is 27.7 Å². The molecule has 236 valence electrons. The molecule has 13 atom stereocenters. The predicted molar refractivity (Wildman–Crippen MR) is 147 cm³/mol. The lowest BCUT2D eigenvalue weighted by Gasteiger charge is -2.73. The number of ketones is 2. The normalized spacial score (nSPS) is 48.7. The summed E-state index contributed by atoms with van der Waals surface area (Å²) < 4.78 is 23.0. The molecule has 5 aliphatic rings. The van der Waals surface area contributed by atoms with Crippen molar-refractivity contribution in [2.75, 3.05) is 6.61 Å². The third-order valence-corrected chi connectivity index (χ3v) is 12.1. The number of hydrogen-bond donors (Lipinski definition) is 3. The zero-order chi connectivity index (χ0) is 31.4. The molecule has 3 N–H and O–H groups in total. The number of ether oxygens (including phenoxy) is 3. The van der Waals surface area contributed by atoms with Crippen LogP contribution in [0.25, 0.3) is 0 Å². The minimum Gasteiger partial charge on any atom is -0.472 e. The number of esters is 2. The van der Waals surface area contributed by atoms with E-state index in [-0.39, 0.29) is 43.4 Å². The second-order valence-corrected chi connectivity index (χ2v) is 14.6. The molecule has 1 saturated heterocycles. The van der Waals surface area contributed by atoms with Gasteiger partial charge in [-0.2, -0.15) is 0 Å². The zero-order valence-corrected chi connectivity index (χ0v) is 25.4. The Morgan fingerprint density at radius 1 is 1.02 bits per heavy atom. The molecule has 1 aromatic heterocycles. The van der Waals surface area contributed by atoms with Crippen LogP contribution in [0.1, 0.15) is 72.3 Å². The van der Waals surface area contributed by atoms with Crippen molar-refractivity contribution in [3.8, 4) is 0 Å². The van der Waals surface area contributed by atoms with Gasteiger partial charge in [0.25, 0.3) is 0 Å². The number of carbonyl (C=O) groups is 4. The van der Waals surface area contributed by atoms with Crippen LogP contribution >= 0.6 is 0 Å². The summed E-state index contributed by atoms with van der Waals surface area (Å²) in [7, 11) is 0. The van der Waals surface area contributed by atoms with Gasteiger partial charge in [0.1, 0.15) is 23.8 Å². The van der Waals surface area contributed by atoms with Crippen LogP contribution in [0.5, 0.6) is 0 Å². The van der Waals surface area contributed by atoms with Crippen LogP contribution < -0.4 is 0 Å². The van der Waals surface area contributed by atoms with E-state index in [2.05, 4.69) is 0 Å². The maximum absolute atomic E-state index is 14.6. The topological polar surface area (TPSA) is 170 Å². The molecular weight excluding hydrogens is 560 g/mol. The molecule has 1 aromatic rings. The van der Waals surface area contributed by atoms with Crippen molar-refractivity contribution in [2.45, 2.75) is 97.4 Å². The maximum atomic E-state index is 14.6. The van der Waals surface area contributed by atoms with E-state index in [0.717, 1.165) is 5.56 Å². The van der Waals surface area contributed by atoms with Gasteiger partial charge in [0.05, 0.1) is 42.7 Å². The SMILES string of the molecule is CC(=O)OC1C(O)C(O)C23COC(OC(=O)C(C)C)C1(C)C2CC(O)C1(C)C2C(=O)CC(c4ccoc4)C2(C)CC(=O)C13. The lowest BCUT2D eigenvalue weighted by Crippen LogP contribution is -2.82. The predicted octanol–water partition coefficient (Wildman–Crippen LogP) is 2.15. The van der Waals surface area contributed by atoms with Crippen molar-refractivity contribution in [3.63, 3.8) is 0 Å². The van der Waals surface area contributed by atoms with Gasteiger partial charge in [-0.05, 0) is 36.3 Å². The number of Topliss-reactive ketones (excluding diaryl/α,β-unsaturated/α-hetero) is 2. The van der Waals surface area contributed by atoms with Gasteiger partial charge in [0.2, 0.25) is 6.29 Å². The molecule has 11 heteroatoms. The number of furan rings is 1. The Labute approximate surface area is 250 Å². The van der Waals surface area contributed by atoms with Crippen LogP contribution in [0.4, 0.5) is 0 Å². The maximum Gasteiger partial charge on any atom is 0.310 e. The van der Waals surface area contributed by atoms with Crippen LogP contribution in [0.2, 0.25) is 0 Å². The molecule has 5 fully saturated rings. The van der Waals surface area contributed by atoms with E-state index in [1.165, 1.54) is 13.2 Å². The Kier molecular flexibility index (Phi) is 6.86. The number of fused-ring (bicyclic) bond motifs is 3. The summed E-state index contributed by atoms with van der Waals surface area (Å²) in [6.45, 7) is 9.53. The van der Waals surface area contributed by atoms with E-state index in [9.17, 15) is 34.5 Å². The number of aliphatic hydroxyl groups excluding tert-OH is 3. The van der Waals surface area contributed by atoms with Gasteiger partial charge in [0.15, 0.2) is 0 Å². The van der Waals surface area contributed by atoms with Crippen molar-refractivity contribution in [3.05, 3.63) is 24.2 Å². The van der Waals surface area contributed by atoms with Crippen molar-refractivity contribution in [1.29, 1.82) is 0 Å². The van der Waals surface area contributed by atoms with Crippen LogP contribution in [0.3, 0.4) is 0 Å². The third kappa shape index (κ3) is 3.74. The molecule has 0 amide bonds. The van der Waals surface area contributed by atoms with Crippen LogP contribution in [-0.2, 0) is 33.4 Å². The highest BCUT2D eigenvalue weighted by Crippen LogP contribution is 2.75. The van der Waals surface area contributed by atoms with Crippen LogP contribution in [0.15, 0.2) is 23.0 Å². The fraction of sp³-hybridized carbons (Fsp3) is 0.750. The highest BCUT2D eigenvalue weighted by Gasteiger charge is 2.81. The Morgan fingerprint density at radius 3 is 2.33 bits per heavy atom. The summed E-state index contributed by atoms with van der Waals surface area (Å²) in [6, 6.07) is 1.80. The first-order chi connectivity index (χ1) is 20.1. The first-order valence-corrected chi connectivity index (χ1v) is 15.2. The molecule has 43 heavy (non-hydrogen) atoms. The number of rotatable bonds is 4.